The molecule has 0 atom stereocenters. The number of nitriles is 1. The third-order valence-electron chi connectivity index (χ3n) is 6.08. The van der Waals surface area contributed by atoms with Gasteiger partial charge in [0.1, 0.15) is 23.5 Å². The summed E-state index contributed by atoms with van der Waals surface area (Å²) in [4.78, 5) is 20.4. The number of hydrogen-bond donors (Lipinski definition) is 1. The molecule has 7 nitrogen and oxygen atoms in total. The molecular formula is C27H15ClF7N5O2. The van der Waals surface area contributed by atoms with Crippen molar-refractivity contribution in [2.45, 2.75) is 25.6 Å². The lowest BCUT2D eigenvalue weighted by molar-refractivity contribution is -0.137. The maximum Gasteiger partial charge on any atom is 0.416 e. The van der Waals surface area contributed by atoms with Gasteiger partial charge in [0.15, 0.2) is 0 Å². The van der Waals surface area contributed by atoms with E-state index in [9.17, 15) is 45.9 Å². The molecule has 3 aliphatic rings. The molecule has 15 heteroatoms. The van der Waals surface area contributed by atoms with E-state index in [-0.39, 0.29) is 17.2 Å². The average Bonchev–Trinajstić information content (AvgIpc) is 3.33. The zero-order valence-electron chi connectivity index (χ0n) is 24.4. The van der Waals surface area contributed by atoms with Crippen molar-refractivity contribution in [3.8, 4) is 17.5 Å². The number of carbonyl (C=O) groups excluding carboxylic acids is 1. The number of aliphatic hydroxyl groups is 1. The van der Waals surface area contributed by atoms with E-state index in [0.29, 0.717) is 21.3 Å². The molecule has 0 saturated heterocycles. The van der Waals surface area contributed by atoms with Crippen molar-refractivity contribution in [1.29, 1.82) is 5.26 Å². The van der Waals surface area contributed by atoms with Crippen molar-refractivity contribution < 1.29 is 46.1 Å². The summed E-state index contributed by atoms with van der Waals surface area (Å²) in [6.45, 7) is -7.44. The van der Waals surface area contributed by atoms with Crippen molar-refractivity contribution in [2.75, 3.05) is 6.50 Å². The zero-order valence-corrected chi connectivity index (χ0v) is 21.2. The molecule has 0 spiro atoms. The molecule has 0 bridgehead atoms. The van der Waals surface area contributed by atoms with Crippen LogP contribution in [0.25, 0.3) is 17.1 Å². The molecule has 2 heterocycles. The van der Waals surface area contributed by atoms with Crippen LogP contribution in [0.4, 0.5) is 30.7 Å². The van der Waals surface area contributed by atoms with Crippen LogP contribution in [0.5, 0.6) is 0 Å². The van der Waals surface area contributed by atoms with Crippen LogP contribution in [0.2, 0.25) is 5.02 Å². The van der Waals surface area contributed by atoms with Gasteiger partial charge in [0, 0.05) is 17.6 Å². The second kappa shape index (κ2) is 10.6. The maximum absolute atomic E-state index is 14.2. The Morgan fingerprint density at radius 3 is 2.60 bits per heavy atom. The van der Waals surface area contributed by atoms with Crippen LogP contribution < -0.4 is 16.2 Å². The number of rotatable bonds is 4. The standard InChI is InChI=1S/C27H15ClF7N5O2/c28-18-2-1-14(29)8-16(18)24(41)22-17(10-36)23-20(40(11-21(31)32)26-37-3-4-39(23)26)9-19(22)38-25(42)12-5-13(27(33,34)35)7-15(30)6-12/h1-2,5-9,21,41H,3-4,11H2/b24-22+,38-19?/i3D2,4D2. The fourth-order valence-corrected chi connectivity index (χ4v) is 4.57. The number of aliphatic hydroxyl groups excluding tert-OH is 1. The number of imidazole rings is 1. The van der Waals surface area contributed by atoms with Crippen LogP contribution in [0.3, 0.4) is 0 Å². The number of aromatic nitrogens is 2. The number of halogens is 8. The molecule has 0 unspecified atom stereocenters. The van der Waals surface area contributed by atoms with E-state index < -0.39 is 105 Å². The summed E-state index contributed by atoms with van der Waals surface area (Å²) < 4.78 is 130. The number of alkyl halides is 5. The molecule has 5 rings (SSSR count). The Labute approximate surface area is 241 Å². The van der Waals surface area contributed by atoms with Crippen LogP contribution >= 0.6 is 11.6 Å². The first-order valence-electron chi connectivity index (χ1n) is 13.5. The largest absolute Gasteiger partial charge is 0.507 e. The van der Waals surface area contributed by atoms with Gasteiger partial charge >= 0.3 is 6.18 Å². The van der Waals surface area contributed by atoms with Gasteiger partial charge in [0.25, 0.3) is 12.3 Å². The van der Waals surface area contributed by atoms with Crippen LogP contribution in [-0.4, -0.2) is 33.1 Å². The summed E-state index contributed by atoms with van der Waals surface area (Å²) in [6.07, 6.45) is -8.25. The highest BCUT2D eigenvalue weighted by Crippen LogP contribution is 2.31. The van der Waals surface area contributed by atoms with E-state index in [2.05, 4.69) is 9.98 Å². The van der Waals surface area contributed by atoms with Gasteiger partial charge in [-0.15, -0.1) is 0 Å². The summed E-state index contributed by atoms with van der Waals surface area (Å²) in [5.41, 5.74) is -5.65. The van der Waals surface area contributed by atoms with Crippen molar-refractivity contribution in [2.24, 2.45) is 9.98 Å². The molecule has 1 aliphatic carbocycles. The molecule has 216 valence electrons. The lowest BCUT2D eigenvalue weighted by Gasteiger charge is -2.12. The molecule has 2 aliphatic heterocycles. The average molecular weight is 614 g/mol. The monoisotopic (exact) mass is 613 g/mol. The number of hydrogen-bond acceptors (Lipinski definition) is 4. The Morgan fingerprint density at radius 2 is 1.93 bits per heavy atom. The van der Waals surface area contributed by atoms with Gasteiger partial charge < -0.3 is 14.2 Å². The molecule has 1 amide bonds. The molecular weight excluding hydrogens is 595 g/mol. The first-order chi connectivity index (χ1) is 21.3. The third kappa shape index (κ3) is 5.11. The Kier molecular flexibility index (Phi) is 6.08. The van der Waals surface area contributed by atoms with Crippen molar-refractivity contribution in [3.05, 3.63) is 97.6 Å². The maximum atomic E-state index is 14.2. The van der Waals surface area contributed by atoms with E-state index in [1.54, 1.807) is 6.07 Å². The number of nitrogens with zero attached hydrogens (tertiary/aromatic N) is 5. The minimum atomic E-state index is -5.09. The highest BCUT2D eigenvalue weighted by molar-refractivity contribution is 6.32. The summed E-state index contributed by atoms with van der Waals surface area (Å²) >= 11 is 6.13. The van der Waals surface area contributed by atoms with Crippen molar-refractivity contribution >= 4 is 23.3 Å². The van der Waals surface area contributed by atoms with Crippen LogP contribution in [0.15, 0.2) is 52.4 Å². The smallest absolute Gasteiger partial charge is 0.416 e. The Morgan fingerprint density at radius 1 is 1.19 bits per heavy atom. The first-order valence-corrected chi connectivity index (χ1v) is 11.9. The molecule has 0 radical (unpaired) electrons. The lowest BCUT2D eigenvalue weighted by Crippen LogP contribution is -2.34. The summed E-state index contributed by atoms with van der Waals surface area (Å²) in [6, 6.07) is 5.80. The van der Waals surface area contributed by atoms with E-state index >= 15 is 0 Å². The highest BCUT2D eigenvalue weighted by Gasteiger charge is 2.32. The van der Waals surface area contributed by atoms with Crippen LogP contribution in [0, 0.1) is 23.0 Å². The van der Waals surface area contributed by atoms with Gasteiger partial charge in [0.05, 0.1) is 56.6 Å². The molecule has 0 aromatic heterocycles. The van der Waals surface area contributed by atoms with Gasteiger partial charge in [0.2, 0.25) is 5.62 Å². The van der Waals surface area contributed by atoms with Gasteiger partial charge in [-0.3, -0.25) is 9.79 Å². The minimum Gasteiger partial charge on any atom is -0.507 e. The van der Waals surface area contributed by atoms with Crippen LogP contribution in [0.1, 0.15) is 32.5 Å². The van der Waals surface area contributed by atoms with Gasteiger partial charge in [-0.05, 0) is 42.5 Å². The minimum absolute atomic E-state index is 0.111. The molecule has 2 aromatic rings. The Balaban J connectivity index is 2.01. The third-order valence-corrected chi connectivity index (χ3v) is 6.41. The molecule has 2 aromatic carbocycles. The molecule has 1 N–H and O–H groups in total. The van der Waals surface area contributed by atoms with E-state index in [1.165, 1.54) is 0 Å². The lowest BCUT2D eigenvalue weighted by atomic mass is 10.0. The van der Waals surface area contributed by atoms with Gasteiger partial charge in [-0.25, -0.2) is 22.6 Å². The summed E-state index contributed by atoms with van der Waals surface area (Å²) in [5, 5.41) is 19.8. The number of fused-ring (bicyclic) bond motifs is 3. The molecule has 0 fully saturated rings. The van der Waals surface area contributed by atoms with E-state index in [0.717, 1.165) is 18.2 Å². The predicted molar refractivity (Wildman–Crippen MR) is 133 cm³/mol. The second-order valence-electron chi connectivity index (χ2n) is 8.71. The Bertz CT molecular complexity index is 2160. The highest BCUT2D eigenvalue weighted by atomic mass is 35.5. The zero-order chi connectivity index (χ0) is 34.1. The van der Waals surface area contributed by atoms with E-state index in [1.807, 2.05) is 0 Å². The topological polar surface area (TPSA) is 95.7 Å². The van der Waals surface area contributed by atoms with Gasteiger partial charge in [-0.1, -0.05) is 11.6 Å². The first kappa shape index (κ1) is 24.0. The number of benzene rings is 3. The SMILES string of the molecule is [2H]C1([2H])N=c2n(CC(F)F)c3cc(=NC(=O)c4cc(F)cc(C(F)(F)F)c4)/c(=C(/O)c4cc(F)ccc4Cl)c(C#N)c-3n2C1([2H])[2H]. The molecule has 42 heavy (non-hydrogen) atoms. The molecule has 0 saturated carbocycles. The normalized spacial score (nSPS) is 18.0. The number of carbonyl (C=O) groups is 1. The van der Waals surface area contributed by atoms with Crippen molar-refractivity contribution in [1.82, 2.24) is 9.13 Å². The quantitative estimate of drug-likeness (QED) is 0.342. The van der Waals surface area contributed by atoms with Crippen LogP contribution in [-0.2, 0) is 19.2 Å². The fourth-order valence-electron chi connectivity index (χ4n) is 4.37. The van der Waals surface area contributed by atoms with Gasteiger partial charge in [-0.2, -0.15) is 18.4 Å². The predicted octanol–water partition coefficient (Wildman–Crippen LogP) is 4.57. The van der Waals surface area contributed by atoms with E-state index in [4.69, 9.17) is 17.1 Å². The second-order valence-corrected chi connectivity index (χ2v) is 9.12. The van der Waals surface area contributed by atoms with Crippen molar-refractivity contribution in [3.63, 3.8) is 0 Å². The fraction of sp³-hybridized carbons (Fsp3) is 0.185. The summed E-state index contributed by atoms with van der Waals surface area (Å²) in [5.74, 6) is -5.06. The Hall–Kier alpha value is -4.64. The summed E-state index contributed by atoms with van der Waals surface area (Å²) in [7, 11) is 0. The number of amides is 1.